The SMILES string of the molecule is COc1ccc(NC(=S)NC(=O)c2ccc(Cl)cc2)cc1-c1ccc(CO)o1. The molecule has 0 aliphatic carbocycles. The van der Waals surface area contributed by atoms with Gasteiger partial charge in [0.2, 0.25) is 0 Å². The number of nitrogens with one attached hydrogen (secondary N) is 2. The molecule has 3 aromatic rings. The maximum absolute atomic E-state index is 12.2. The lowest BCUT2D eigenvalue weighted by molar-refractivity contribution is 0.0977. The lowest BCUT2D eigenvalue weighted by Crippen LogP contribution is -2.34. The third kappa shape index (κ3) is 4.69. The highest BCUT2D eigenvalue weighted by Crippen LogP contribution is 2.33. The Morgan fingerprint density at radius 2 is 1.93 bits per heavy atom. The van der Waals surface area contributed by atoms with Crippen molar-refractivity contribution < 1.29 is 19.1 Å². The van der Waals surface area contributed by atoms with E-state index in [9.17, 15) is 9.90 Å². The Morgan fingerprint density at radius 3 is 2.57 bits per heavy atom. The van der Waals surface area contributed by atoms with Crippen LogP contribution >= 0.6 is 23.8 Å². The molecule has 1 amide bonds. The number of thiocarbonyl (C=S) groups is 1. The molecule has 0 unspecified atom stereocenters. The minimum Gasteiger partial charge on any atom is -0.496 e. The monoisotopic (exact) mass is 416 g/mol. The van der Waals surface area contributed by atoms with E-state index in [4.69, 9.17) is 33.0 Å². The lowest BCUT2D eigenvalue weighted by atomic mass is 10.1. The van der Waals surface area contributed by atoms with E-state index in [-0.39, 0.29) is 17.6 Å². The van der Waals surface area contributed by atoms with Crippen molar-refractivity contribution in [3.63, 3.8) is 0 Å². The summed E-state index contributed by atoms with van der Waals surface area (Å²) in [6.45, 7) is -0.193. The van der Waals surface area contributed by atoms with Crippen molar-refractivity contribution in [2.24, 2.45) is 0 Å². The number of amides is 1. The molecule has 3 N–H and O–H groups in total. The summed E-state index contributed by atoms with van der Waals surface area (Å²) in [5.74, 6) is 1.24. The van der Waals surface area contributed by atoms with Gasteiger partial charge in [0.25, 0.3) is 5.91 Å². The third-order valence-corrected chi connectivity index (χ3v) is 4.33. The zero-order valence-electron chi connectivity index (χ0n) is 14.9. The molecule has 6 nitrogen and oxygen atoms in total. The Hall–Kier alpha value is -2.87. The van der Waals surface area contributed by atoms with Crippen molar-refractivity contribution in [1.29, 1.82) is 0 Å². The van der Waals surface area contributed by atoms with Crippen LogP contribution in [0.5, 0.6) is 5.75 Å². The number of aliphatic hydroxyl groups excluding tert-OH is 1. The Labute approximate surface area is 172 Å². The van der Waals surface area contributed by atoms with E-state index in [2.05, 4.69) is 10.6 Å². The summed E-state index contributed by atoms with van der Waals surface area (Å²) in [4.78, 5) is 12.2. The highest BCUT2D eigenvalue weighted by molar-refractivity contribution is 7.80. The van der Waals surface area contributed by atoms with Crippen LogP contribution in [-0.2, 0) is 6.61 Å². The number of furan rings is 1. The summed E-state index contributed by atoms with van der Waals surface area (Å²) in [7, 11) is 1.55. The smallest absolute Gasteiger partial charge is 0.257 e. The minimum absolute atomic E-state index is 0.145. The average molecular weight is 417 g/mol. The number of aliphatic hydroxyl groups is 1. The molecule has 8 heteroatoms. The number of carbonyl (C=O) groups excluding carboxylic acids is 1. The second-order valence-electron chi connectivity index (χ2n) is 5.75. The van der Waals surface area contributed by atoms with E-state index in [1.54, 1.807) is 61.7 Å². The standard InChI is InChI=1S/C20H17ClN2O4S/c1-26-17-8-6-14(10-16(17)18-9-7-15(11-24)27-18)22-20(28)23-19(25)12-2-4-13(21)5-3-12/h2-10,24H,11H2,1H3,(H2,22,23,25,28). The van der Waals surface area contributed by atoms with Crippen LogP contribution in [0.1, 0.15) is 16.1 Å². The van der Waals surface area contributed by atoms with Gasteiger partial charge in [0.05, 0.1) is 12.7 Å². The second-order valence-corrected chi connectivity index (χ2v) is 6.60. The first kappa shape index (κ1) is 19.9. The topological polar surface area (TPSA) is 83.7 Å². The molecule has 0 saturated heterocycles. The fourth-order valence-electron chi connectivity index (χ4n) is 2.52. The van der Waals surface area contributed by atoms with Gasteiger partial charge < -0.3 is 19.6 Å². The van der Waals surface area contributed by atoms with Crippen molar-refractivity contribution in [2.45, 2.75) is 6.61 Å². The van der Waals surface area contributed by atoms with Gasteiger partial charge in [0, 0.05) is 16.3 Å². The van der Waals surface area contributed by atoms with Gasteiger partial charge >= 0.3 is 0 Å². The largest absolute Gasteiger partial charge is 0.496 e. The zero-order valence-corrected chi connectivity index (χ0v) is 16.4. The number of hydrogen-bond donors (Lipinski definition) is 3. The van der Waals surface area contributed by atoms with Crippen LogP contribution in [0, 0.1) is 0 Å². The molecule has 28 heavy (non-hydrogen) atoms. The van der Waals surface area contributed by atoms with Gasteiger partial charge in [-0.05, 0) is 66.8 Å². The van der Waals surface area contributed by atoms with Crippen LogP contribution in [-0.4, -0.2) is 23.2 Å². The Morgan fingerprint density at radius 1 is 1.18 bits per heavy atom. The van der Waals surface area contributed by atoms with E-state index in [1.165, 1.54) is 0 Å². The first-order valence-electron chi connectivity index (χ1n) is 8.26. The van der Waals surface area contributed by atoms with E-state index >= 15 is 0 Å². The van der Waals surface area contributed by atoms with Gasteiger partial charge in [0.15, 0.2) is 5.11 Å². The van der Waals surface area contributed by atoms with Crippen molar-refractivity contribution >= 4 is 40.5 Å². The summed E-state index contributed by atoms with van der Waals surface area (Å²) >= 11 is 11.1. The van der Waals surface area contributed by atoms with Crippen molar-refractivity contribution in [1.82, 2.24) is 5.32 Å². The van der Waals surface area contributed by atoms with Gasteiger partial charge in [-0.25, -0.2) is 0 Å². The van der Waals surface area contributed by atoms with E-state index in [0.717, 1.165) is 0 Å². The number of halogens is 1. The molecule has 2 aromatic carbocycles. The molecule has 144 valence electrons. The van der Waals surface area contributed by atoms with E-state index in [1.807, 2.05) is 0 Å². The normalized spacial score (nSPS) is 10.4. The number of ether oxygens (including phenoxy) is 1. The van der Waals surface area contributed by atoms with Gasteiger partial charge in [-0.2, -0.15) is 0 Å². The predicted molar refractivity (Wildman–Crippen MR) is 112 cm³/mol. The highest BCUT2D eigenvalue weighted by Gasteiger charge is 2.13. The number of carbonyl (C=O) groups is 1. The molecular weight excluding hydrogens is 400 g/mol. The summed E-state index contributed by atoms with van der Waals surface area (Å²) < 4.78 is 11.0. The third-order valence-electron chi connectivity index (χ3n) is 3.87. The highest BCUT2D eigenvalue weighted by atomic mass is 35.5. The molecule has 0 bridgehead atoms. The number of hydrogen-bond acceptors (Lipinski definition) is 5. The first-order valence-corrected chi connectivity index (χ1v) is 9.04. The van der Waals surface area contributed by atoms with Gasteiger partial charge in [-0.15, -0.1) is 0 Å². The summed E-state index contributed by atoms with van der Waals surface area (Å²) in [5.41, 5.74) is 1.76. The first-order chi connectivity index (χ1) is 13.5. The van der Waals surface area contributed by atoms with Crippen molar-refractivity contribution in [3.8, 4) is 17.1 Å². The van der Waals surface area contributed by atoms with E-state index < -0.39 is 0 Å². The second kappa shape index (κ2) is 8.88. The molecule has 1 heterocycles. The zero-order chi connectivity index (χ0) is 20.1. The Kier molecular flexibility index (Phi) is 6.30. The van der Waals surface area contributed by atoms with Crippen LogP contribution < -0.4 is 15.4 Å². The van der Waals surface area contributed by atoms with Crippen LogP contribution in [0.25, 0.3) is 11.3 Å². The Balaban J connectivity index is 1.74. The maximum Gasteiger partial charge on any atom is 0.257 e. The van der Waals surface area contributed by atoms with Gasteiger partial charge in [0.1, 0.15) is 23.9 Å². The molecule has 0 aliphatic rings. The van der Waals surface area contributed by atoms with Crippen LogP contribution in [0.15, 0.2) is 59.0 Å². The molecule has 0 aliphatic heterocycles. The fourth-order valence-corrected chi connectivity index (χ4v) is 2.86. The van der Waals surface area contributed by atoms with Crippen molar-refractivity contribution in [2.75, 3.05) is 12.4 Å². The van der Waals surface area contributed by atoms with Crippen LogP contribution in [0.2, 0.25) is 5.02 Å². The van der Waals surface area contributed by atoms with E-state index in [0.29, 0.717) is 39.1 Å². The quantitative estimate of drug-likeness (QED) is 0.540. The predicted octanol–water partition coefficient (Wildman–Crippen LogP) is 4.23. The number of anilines is 1. The molecule has 3 rings (SSSR count). The minimum atomic E-state index is -0.346. The Bertz CT molecular complexity index is 1000. The van der Waals surface area contributed by atoms with Crippen LogP contribution in [0.4, 0.5) is 5.69 Å². The molecular formula is C20H17ClN2O4S. The molecule has 0 spiro atoms. The molecule has 1 aromatic heterocycles. The molecule has 0 fully saturated rings. The molecule has 0 saturated carbocycles. The summed E-state index contributed by atoms with van der Waals surface area (Å²) in [5, 5.41) is 15.5. The maximum atomic E-state index is 12.2. The van der Waals surface area contributed by atoms with Gasteiger partial charge in [-0.1, -0.05) is 11.6 Å². The van der Waals surface area contributed by atoms with Gasteiger partial charge in [-0.3, -0.25) is 10.1 Å². The molecule has 0 atom stereocenters. The number of rotatable bonds is 5. The summed E-state index contributed by atoms with van der Waals surface area (Å²) in [6.07, 6.45) is 0. The number of methoxy groups -OCH3 is 1. The average Bonchev–Trinajstić information content (AvgIpc) is 3.17. The fraction of sp³-hybridized carbons (Fsp3) is 0.100. The molecule has 0 radical (unpaired) electrons. The van der Waals surface area contributed by atoms with Crippen LogP contribution in [0.3, 0.4) is 0 Å². The number of benzene rings is 2. The lowest BCUT2D eigenvalue weighted by Gasteiger charge is -2.12. The van der Waals surface area contributed by atoms with Crippen molar-refractivity contribution in [3.05, 3.63) is 70.9 Å². The summed E-state index contributed by atoms with van der Waals surface area (Å²) in [6, 6.07) is 15.2.